The molecule has 3 rings (SSSR count). The highest BCUT2D eigenvalue weighted by atomic mass is 16.6. The lowest BCUT2D eigenvalue weighted by atomic mass is 9.96. The monoisotopic (exact) mass is 396 g/mol. The van der Waals surface area contributed by atoms with Gasteiger partial charge < -0.3 is 14.8 Å². The summed E-state index contributed by atoms with van der Waals surface area (Å²) < 4.78 is 10.9. The fraction of sp³-hybridized carbons (Fsp3) is 0.318. The number of anilines is 2. The van der Waals surface area contributed by atoms with Gasteiger partial charge >= 0.3 is 5.97 Å². The van der Waals surface area contributed by atoms with Crippen LogP contribution in [-0.2, 0) is 19.1 Å². The molecule has 0 bridgehead atoms. The van der Waals surface area contributed by atoms with Crippen LogP contribution in [0.25, 0.3) is 0 Å². The number of carbonyl (C=O) groups excluding carboxylic acids is 3. The van der Waals surface area contributed by atoms with Gasteiger partial charge in [0.15, 0.2) is 12.7 Å². The van der Waals surface area contributed by atoms with Crippen molar-refractivity contribution in [1.82, 2.24) is 0 Å². The van der Waals surface area contributed by atoms with E-state index in [1.807, 2.05) is 6.07 Å². The number of fused-ring (bicyclic) bond motifs is 1. The van der Waals surface area contributed by atoms with E-state index in [4.69, 9.17) is 9.47 Å². The molecule has 2 aromatic rings. The van der Waals surface area contributed by atoms with Crippen LogP contribution in [0, 0.1) is 0 Å². The number of para-hydroxylation sites is 3. The summed E-state index contributed by atoms with van der Waals surface area (Å²) in [6, 6.07) is 15.9. The molecule has 1 heterocycles. The summed E-state index contributed by atoms with van der Waals surface area (Å²) in [5, 5.41) is 2.79. The van der Waals surface area contributed by atoms with Crippen molar-refractivity contribution in [2.45, 2.75) is 38.8 Å². The summed E-state index contributed by atoms with van der Waals surface area (Å²) in [7, 11) is 0. The van der Waals surface area contributed by atoms with Crippen molar-refractivity contribution in [3.05, 3.63) is 54.6 Å². The first-order valence-electron chi connectivity index (χ1n) is 9.46. The summed E-state index contributed by atoms with van der Waals surface area (Å²) in [6.45, 7) is 4.60. The third-order valence-corrected chi connectivity index (χ3v) is 4.75. The summed E-state index contributed by atoms with van der Waals surface area (Å²) in [4.78, 5) is 39.2. The van der Waals surface area contributed by atoms with E-state index in [1.54, 1.807) is 69.3 Å². The highest BCUT2D eigenvalue weighted by molar-refractivity contribution is 6.14. The van der Waals surface area contributed by atoms with Gasteiger partial charge in [0.2, 0.25) is 5.91 Å². The molecule has 1 aliphatic rings. The van der Waals surface area contributed by atoms with E-state index in [1.165, 1.54) is 4.90 Å². The number of carbonyl (C=O) groups is 3. The first-order valence-corrected chi connectivity index (χ1v) is 9.46. The fourth-order valence-corrected chi connectivity index (χ4v) is 3.15. The molecule has 2 aromatic carbocycles. The Morgan fingerprint density at radius 1 is 1.07 bits per heavy atom. The van der Waals surface area contributed by atoms with Gasteiger partial charge in [0.1, 0.15) is 11.3 Å². The molecule has 0 radical (unpaired) electrons. The zero-order chi connectivity index (χ0) is 21.0. The number of hydrogen-bond acceptors (Lipinski definition) is 5. The first kappa shape index (κ1) is 20.4. The zero-order valence-corrected chi connectivity index (χ0v) is 16.7. The SMILES string of the molecule is CC[C@H](Oc1ccccc1)C(=O)OCC(=O)N1c2ccccc2NC(=O)C1(C)C. The number of ether oxygens (including phenoxy) is 2. The molecule has 1 aliphatic heterocycles. The molecule has 2 amide bonds. The van der Waals surface area contributed by atoms with Crippen LogP contribution in [0.3, 0.4) is 0 Å². The van der Waals surface area contributed by atoms with Gasteiger partial charge in [0.05, 0.1) is 11.4 Å². The molecule has 0 unspecified atom stereocenters. The lowest BCUT2D eigenvalue weighted by molar-refractivity contribution is -0.155. The Balaban J connectivity index is 1.70. The number of rotatable bonds is 6. The minimum absolute atomic E-state index is 0.310. The lowest BCUT2D eigenvalue weighted by Gasteiger charge is -2.41. The average molecular weight is 396 g/mol. The van der Waals surface area contributed by atoms with Gasteiger partial charge in [-0.1, -0.05) is 37.3 Å². The van der Waals surface area contributed by atoms with Crippen molar-refractivity contribution >= 4 is 29.2 Å². The molecule has 0 saturated carbocycles. The van der Waals surface area contributed by atoms with E-state index in [0.717, 1.165) is 0 Å². The Hall–Kier alpha value is -3.35. The van der Waals surface area contributed by atoms with Crippen molar-refractivity contribution in [1.29, 1.82) is 0 Å². The summed E-state index contributed by atoms with van der Waals surface area (Å²) >= 11 is 0. The summed E-state index contributed by atoms with van der Waals surface area (Å²) in [5.74, 6) is -0.877. The molecule has 0 saturated heterocycles. The van der Waals surface area contributed by atoms with E-state index in [9.17, 15) is 14.4 Å². The second kappa shape index (κ2) is 8.34. The predicted molar refractivity (Wildman–Crippen MR) is 109 cm³/mol. The van der Waals surface area contributed by atoms with E-state index >= 15 is 0 Å². The van der Waals surface area contributed by atoms with Crippen molar-refractivity contribution in [3.8, 4) is 5.75 Å². The van der Waals surface area contributed by atoms with Gasteiger partial charge in [-0.15, -0.1) is 0 Å². The highest BCUT2D eigenvalue weighted by Crippen LogP contribution is 2.36. The number of nitrogens with zero attached hydrogens (tertiary/aromatic N) is 1. The molecule has 1 N–H and O–H groups in total. The van der Waals surface area contributed by atoms with Crippen LogP contribution in [0.15, 0.2) is 54.6 Å². The van der Waals surface area contributed by atoms with Gasteiger partial charge in [-0.25, -0.2) is 4.79 Å². The zero-order valence-electron chi connectivity index (χ0n) is 16.7. The standard InChI is InChI=1S/C22H24N2O5/c1-4-18(29-15-10-6-5-7-11-15)20(26)28-14-19(25)24-17-13-9-8-12-16(17)23-21(27)22(24,2)3/h5-13,18H,4,14H2,1-3H3,(H,23,27)/t18-/m0/s1. The van der Waals surface area contributed by atoms with Crippen LogP contribution in [-0.4, -0.2) is 36.0 Å². The maximum Gasteiger partial charge on any atom is 0.347 e. The first-order chi connectivity index (χ1) is 13.8. The molecule has 0 fully saturated rings. The third-order valence-electron chi connectivity index (χ3n) is 4.75. The number of hydrogen-bond donors (Lipinski definition) is 1. The topological polar surface area (TPSA) is 84.9 Å². The second-order valence-electron chi connectivity index (χ2n) is 7.19. The molecule has 0 aromatic heterocycles. The smallest absolute Gasteiger partial charge is 0.347 e. The Labute approximate surface area is 169 Å². The van der Waals surface area contributed by atoms with E-state index < -0.39 is 30.1 Å². The van der Waals surface area contributed by atoms with Gasteiger partial charge in [0, 0.05) is 0 Å². The lowest BCUT2D eigenvalue weighted by Crippen LogP contribution is -2.59. The van der Waals surface area contributed by atoms with Crippen molar-refractivity contribution in [2.75, 3.05) is 16.8 Å². The average Bonchev–Trinajstić information content (AvgIpc) is 2.71. The van der Waals surface area contributed by atoms with E-state index in [0.29, 0.717) is 23.5 Å². The molecule has 7 heteroatoms. The Morgan fingerprint density at radius 2 is 1.72 bits per heavy atom. The number of benzene rings is 2. The van der Waals surface area contributed by atoms with Gasteiger partial charge in [-0.3, -0.25) is 14.5 Å². The molecule has 152 valence electrons. The quantitative estimate of drug-likeness (QED) is 0.758. The van der Waals surface area contributed by atoms with Crippen LogP contribution in [0.5, 0.6) is 5.75 Å². The highest BCUT2D eigenvalue weighted by Gasteiger charge is 2.43. The summed E-state index contributed by atoms with van der Waals surface area (Å²) in [5.41, 5.74) is -0.0243. The van der Waals surface area contributed by atoms with Crippen molar-refractivity contribution in [3.63, 3.8) is 0 Å². The largest absolute Gasteiger partial charge is 0.479 e. The molecule has 0 spiro atoms. The van der Waals surface area contributed by atoms with E-state index in [-0.39, 0.29) is 5.91 Å². The van der Waals surface area contributed by atoms with Gasteiger partial charge in [-0.2, -0.15) is 0 Å². The van der Waals surface area contributed by atoms with Crippen LogP contribution in [0.4, 0.5) is 11.4 Å². The number of esters is 1. The maximum atomic E-state index is 12.9. The molecule has 7 nitrogen and oxygen atoms in total. The summed E-state index contributed by atoms with van der Waals surface area (Å²) in [6.07, 6.45) is -0.433. The van der Waals surface area contributed by atoms with Crippen LogP contribution >= 0.6 is 0 Å². The number of nitrogens with one attached hydrogen (secondary N) is 1. The molecule has 0 aliphatic carbocycles. The van der Waals surface area contributed by atoms with Crippen LogP contribution in [0.1, 0.15) is 27.2 Å². The van der Waals surface area contributed by atoms with Crippen LogP contribution in [0.2, 0.25) is 0 Å². The van der Waals surface area contributed by atoms with Crippen LogP contribution < -0.4 is 15.0 Å². The predicted octanol–water partition coefficient (Wildman–Crippen LogP) is 3.15. The fourth-order valence-electron chi connectivity index (χ4n) is 3.15. The minimum Gasteiger partial charge on any atom is -0.479 e. The van der Waals surface area contributed by atoms with Crippen molar-refractivity contribution in [2.24, 2.45) is 0 Å². The number of amides is 2. The van der Waals surface area contributed by atoms with E-state index in [2.05, 4.69) is 5.32 Å². The van der Waals surface area contributed by atoms with Gasteiger partial charge in [0.25, 0.3) is 5.91 Å². The maximum absolute atomic E-state index is 12.9. The minimum atomic E-state index is -1.12. The third kappa shape index (κ3) is 4.23. The molecule has 1 atom stereocenters. The normalized spacial score (nSPS) is 15.7. The Kier molecular flexibility index (Phi) is 5.87. The second-order valence-corrected chi connectivity index (χ2v) is 7.19. The molecular formula is C22H24N2O5. The van der Waals surface area contributed by atoms with Crippen molar-refractivity contribution < 1.29 is 23.9 Å². The Bertz CT molecular complexity index is 910. The molecular weight excluding hydrogens is 372 g/mol. The Morgan fingerprint density at radius 3 is 2.41 bits per heavy atom. The molecule has 29 heavy (non-hydrogen) atoms. The van der Waals surface area contributed by atoms with Gasteiger partial charge in [-0.05, 0) is 44.5 Å².